The van der Waals surface area contributed by atoms with Gasteiger partial charge in [-0.3, -0.25) is 0 Å². The van der Waals surface area contributed by atoms with E-state index in [2.05, 4.69) is 30.6 Å². The Balaban J connectivity index is 2.14. The Morgan fingerprint density at radius 1 is 1.45 bits per heavy atom. The molecule has 0 fully saturated rings. The number of nitrogens with one attached hydrogen (secondary N) is 2. The van der Waals surface area contributed by atoms with Crippen molar-refractivity contribution in [3.63, 3.8) is 0 Å². The highest BCUT2D eigenvalue weighted by Crippen LogP contribution is 1.96. The first-order valence-corrected chi connectivity index (χ1v) is 3.15. The molecule has 0 aliphatic carbocycles. The molecule has 56 valence electrons. The summed E-state index contributed by atoms with van der Waals surface area (Å²) in [4.78, 5) is 6.80. The van der Waals surface area contributed by atoms with Crippen LogP contribution < -0.4 is 0 Å². The van der Waals surface area contributed by atoms with Gasteiger partial charge in [-0.2, -0.15) is 5.21 Å². The van der Waals surface area contributed by atoms with Crippen LogP contribution in [0.5, 0.6) is 0 Å². The Bertz CT molecular complexity index is 263. The van der Waals surface area contributed by atoms with Crippen LogP contribution in [0.3, 0.4) is 0 Å². The standard InChI is InChI=1S/C5H6N6/c1(4-2-6-3-7-4)5-8-10-11-9-5/h2-3H,1H2,(H,6,7)(H,8,9,10,11). The van der Waals surface area contributed by atoms with E-state index in [1.165, 1.54) is 0 Å². The topological polar surface area (TPSA) is 83.1 Å². The smallest absolute Gasteiger partial charge is 0.180 e. The second-order valence-corrected chi connectivity index (χ2v) is 2.08. The van der Waals surface area contributed by atoms with Gasteiger partial charge in [0.1, 0.15) is 0 Å². The lowest BCUT2D eigenvalue weighted by Crippen LogP contribution is -1.90. The first-order chi connectivity index (χ1) is 5.45. The summed E-state index contributed by atoms with van der Waals surface area (Å²) in [7, 11) is 0. The monoisotopic (exact) mass is 150 g/mol. The van der Waals surface area contributed by atoms with Gasteiger partial charge in [0, 0.05) is 11.9 Å². The molecule has 0 spiro atoms. The lowest BCUT2D eigenvalue weighted by atomic mass is 10.3. The van der Waals surface area contributed by atoms with E-state index in [9.17, 15) is 0 Å². The molecule has 2 N–H and O–H groups in total. The second kappa shape index (κ2) is 2.49. The Kier molecular flexibility index (Phi) is 1.36. The summed E-state index contributed by atoms with van der Waals surface area (Å²) in [6.45, 7) is 0. The van der Waals surface area contributed by atoms with E-state index in [1.54, 1.807) is 12.5 Å². The molecule has 0 aliphatic rings. The maximum absolute atomic E-state index is 3.86. The van der Waals surface area contributed by atoms with E-state index in [0.29, 0.717) is 12.2 Å². The fourth-order valence-electron chi connectivity index (χ4n) is 0.809. The lowest BCUT2D eigenvalue weighted by molar-refractivity contribution is 0.881. The van der Waals surface area contributed by atoms with Crippen molar-refractivity contribution in [3.8, 4) is 0 Å². The summed E-state index contributed by atoms with van der Waals surface area (Å²) in [6.07, 6.45) is 3.99. The molecule has 6 nitrogen and oxygen atoms in total. The molecule has 0 saturated heterocycles. The Hall–Kier alpha value is -1.72. The van der Waals surface area contributed by atoms with E-state index in [1.807, 2.05) is 0 Å². The van der Waals surface area contributed by atoms with Crippen LogP contribution in [-0.4, -0.2) is 30.6 Å². The summed E-state index contributed by atoms with van der Waals surface area (Å²) >= 11 is 0. The molecule has 0 aromatic carbocycles. The molecule has 6 heteroatoms. The zero-order chi connectivity index (χ0) is 7.52. The van der Waals surface area contributed by atoms with Gasteiger partial charge in [-0.25, -0.2) is 4.98 Å². The van der Waals surface area contributed by atoms with E-state index < -0.39 is 0 Å². The highest BCUT2D eigenvalue weighted by atomic mass is 15.5. The SMILES string of the molecule is c1ncc(Cc2nn[nH]n2)[nH]1. The molecule has 0 radical (unpaired) electrons. The number of hydrogen-bond donors (Lipinski definition) is 2. The molecule has 0 unspecified atom stereocenters. The van der Waals surface area contributed by atoms with Crippen molar-refractivity contribution in [3.05, 3.63) is 24.0 Å². The minimum absolute atomic E-state index is 0.635. The van der Waals surface area contributed by atoms with Gasteiger partial charge in [0.05, 0.1) is 12.7 Å². The van der Waals surface area contributed by atoms with Crippen LogP contribution in [0.2, 0.25) is 0 Å². The Labute approximate surface area is 62.1 Å². The highest BCUT2D eigenvalue weighted by molar-refractivity contribution is 5.02. The lowest BCUT2D eigenvalue weighted by Gasteiger charge is -1.86. The maximum atomic E-state index is 3.86. The number of aromatic amines is 2. The normalized spacial score (nSPS) is 10.2. The zero-order valence-corrected chi connectivity index (χ0v) is 5.65. The third-order valence-corrected chi connectivity index (χ3v) is 1.29. The first kappa shape index (κ1) is 6.02. The van der Waals surface area contributed by atoms with E-state index in [0.717, 1.165) is 5.69 Å². The van der Waals surface area contributed by atoms with Gasteiger partial charge in [-0.15, -0.1) is 10.2 Å². The third-order valence-electron chi connectivity index (χ3n) is 1.29. The highest BCUT2D eigenvalue weighted by Gasteiger charge is 1.99. The van der Waals surface area contributed by atoms with Crippen molar-refractivity contribution in [2.75, 3.05) is 0 Å². The van der Waals surface area contributed by atoms with Gasteiger partial charge < -0.3 is 4.98 Å². The molecule has 0 atom stereocenters. The molecule has 11 heavy (non-hydrogen) atoms. The predicted molar refractivity (Wildman–Crippen MR) is 35.6 cm³/mol. The third kappa shape index (κ3) is 1.23. The van der Waals surface area contributed by atoms with Gasteiger partial charge in [0.2, 0.25) is 0 Å². The number of nitrogens with zero attached hydrogens (tertiary/aromatic N) is 4. The van der Waals surface area contributed by atoms with Gasteiger partial charge in [-0.05, 0) is 0 Å². The summed E-state index contributed by atoms with van der Waals surface area (Å²) in [5, 5.41) is 13.4. The summed E-state index contributed by atoms with van der Waals surface area (Å²) in [5.74, 6) is 0.661. The van der Waals surface area contributed by atoms with E-state index in [-0.39, 0.29) is 0 Å². The van der Waals surface area contributed by atoms with Gasteiger partial charge >= 0.3 is 0 Å². The summed E-state index contributed by atoms with van der Waals surface area (Å²) in [5.41, 5.74) is 0.978. The molecule has 2 aromatic heterocycles. The number of rotatable bonds is 2. The number of imidazole rings is 1. The van der Waals surface area contributed by atoms with Crippen LogP contribution >= 0.6 is 0 Å². The van der Waals surface area contributed by atoms with Crippen LogP contribution in [0.15, 0.2) is 12.5 Å². The molecule has 0 bridgehead atoms. The Morgan fingerprint density at radius 3 is 3.09 bits per heavy atom. The van der Waals surface area contributed by atoms with Gasteiger partial charge in [0.15, 0.2) is 5.82 Å². The molecule has 2 aromatic rings. The quantitative estimate of drug-likeness (QED) is 0.605. The van der Waals surface area contributed by atoms with Crippen molar-refractivity contribution >= 4 is 0 Å². The predicted octanol–water partition coefficient (Wildman–Crippen LogP) is -0.486. The van der Waals surface area contributed by atoms with Gasteiger partial charge in [0.25, 0.3) is 0 Å². The zero-order valence-electron chi connectivity index (χ0n) is 5.65. The average Bonchev–Trinajstić information content (AvgIpc) is 2.60. The maximum Gasteiger partial charge on any atom is 0.180 e. The molecule has 0 amide bonds. The number of tetrazole rings is 1. The number of hydrogen-bond acceptors (Lipinski definition) is 4. The second-order valence-electron chi connectivity index (χ2n) is 2.08. The van der Waals surface area contributed by atoms with E-state index >= 15 is 0 Å². The van der Waals surface area contributed by atoms with Gasteiger partial charge in [-0.1, -0.05) is 5.21 Å². The molecular weight excluding hydrogens is 144 g/mol. The fourth-order valence-corrected chi connectivity index (χ4v) is 0.809. The molecule has 0 aliphatic heterocycles. The van der Waals surface area contributed by atoms with Crippen LogP contribution in [0.25, 0.3) is 0 Å². The van der Waals surface area contributed by atoms with Crippen LogP contribution in [0, 0.1) is 0 Å². The number of H-pyrrole nitrogens is 2. The molecule has 0 saturated carbocycles. The molecular formula is C5H6N6. The molecule has 2 heterocycles. The Morgan fingerprint density at radius 2 is 2.45 bits per heavy atom. The van der Waals surface area contributed by atoms with Crippen molar-refractivity contribution < 1.29 is 0 Å². The first-order valence-electron chi connectivity index (χ1n) is 3.15. The summed E-state index contributed by atoms with van der Waals surface area (Å²) in [6, 6.07) is 0. The largest absolute Gasteiger partial charge is 0.348 e. The minimum Gasteiger partial charge on any atom is -0.348 e. The van der Waals surface area contributed by atoms with Crippen molar-refractivity contribution in [2.24, 2.45) is 0 Å². The van der Waals surface area contributed by atoms with Crippen molar-refractivity contribution in [1.29, 1.82) is 0 Å². The average molecular weight is 150 g/mol. The molecule has 2 rings (SSSR count). The van der Waals surface area contributed by atoms with Crippen LogP contribution in [0.4, 0.5) is 0 Å². The van der Waals surface area contributed by atoms with Crippen molar-refractivity contribution in [2.45, 2.75) is 6.42 Å². The van der Waals surface area contributed by atoms with Crippen LogP contribution in [0.1, 0.15) is 11.5 Å². The fraction of sp³-hybridized carbons (Fsp3) is 0.200. The van der Waals surface area contributed by atoms with Crippen molar-refractivity contribution in [1.82, 2.24) is 30.6 Å². The summed E-state index contributed by atoms with van der Waals surface area (Å²) < 4.78 is 0. The van der Waals surface area contributed by atoms with Crippen LogP contribution in [-0.2, 0) is 6.42 Å². The minimum atomic E-state index is 0.635. The number of aromatic nitrogens is 6. The van der Waals surface area contributed by atoms with E-state index in [4.69, 9.17) is 0 Å².